The number of alkyl halides is 3. The highest BCUT2D eigenvalue weighted by molar-refractivity contribution is 9.11. The van der Waals surface area contributed by atoms with Crippen molar-refractivity contribution in [3.63, 3.8) is 0 Å². The molecule has 0 radical (unpaired) electrons. The summed E-state index contributed by atoms with van der Waals surface area (Å²) in [6.45, 7) is 5.65. The smallest absolute Gasteiger partial charge is 0.0932 e. The molecule has 0 bridgehead atoms. The van der Waals surface area contributed by atoms with Gasteiger partial charge in [-0.15, -0.1) is 11.6 Å². The zero-order valence-electron chi connectivity index (χ0n) is 8.98. The van der Waals surface area contributed by atoms with Crippen LogP contribution in [0.4, 0.5) is 0 Å². The lowest BCUT2D eigenvalue weighted by atomic mass is 9.95. The maximum absolute atomic E-state index is 10.1. The number of aliphatic hydroxyl groups is 1. The van der Waals surface area contributed by atoms with E-state index in [1.54, 1.807) is 18.0 Å². The second-order valence-electron chi connectivity index (χ2n) is 4.25. The molecule has 0 heterocycles. The van der Waals surface area contributed by atoms with E-state index in [1.807, 2.05) is 13.8 Å². The van der Waals surface area contributed by atoms with E-state index in [1.165, 1.54) is 0 Å². The molecule has 0 aliphatic carbocycles. The fourth-order valence-corrected chi connectivity index (χ4v) is 2.96. The van der Waals surface area contributed by atoms with Crippen LogP contribution in [-0.4, -0.2) is 25.2 Å². The van der Waals surface area contributed by atoms with Crippen LogP contribution in [0, 0.1) is 0 Å². The summed E-state index contributed by atoms with van der Waals surface area (Å²) >= 11 is 16.4. The molecule has 0 saturated carbocycles. The Morgan fingerprint density at radius 1 is 1.27 bits per heavy atom. The van der Waals surface area contributed by atoms with Gasteiger partial charge in [-0.1, -0.05) is 47.8 Å². The summed E-state index contributed by atoms with van der Waals surface area (Å²) in [5.41, 5.74) is -0.891. The molecule has 0 saturated heterocycles. The van der Waals surface area contributed by atoms with E-state index in [9.17, 15) is 5.11 Å². The Balaban J connectivity index is 4.43. The average Bonchev–Trinajstić information content (AvgIpc) is 2.01. The Kier molecular flexibility index (Phi) is 6.99. The lowest BCUT2D eigenvalue weighted by Crippen LogP contribution is -2.38. The fourth-order valence-electron chi connectivity index (χ4n) is 0.932. The molecule has 5 heteroatoms. The van der Waals surface area contributed by atoms with Crippen molar-refractivity contribution in [1.82, 2.24) is 0 Å². The van der Waals surface area contributed by atoms with Gasteiger partial charge in [0.1, 0.15) is 0 Å². The van der Waals surface area contributed by atoms with E-state index in [0.29, 0.717) is 0 Å². The third kappa shape index (κ3) is 6.06. The minimum Gasteiger partial charge on any atom is -0.385 e. The van der Waals surface area contributed by atoms with Gasteiger partial charge in [0.05, 0.1) is 10.5 Å². The van der Waals surface area contributed by atoms with Gasteiger partial charge in [0.25, 0.3) is 0 Å². The van der Waals surface area contributed by atoms with Gasteiger partial charge in [-0.3, -0.25) is 0 Å². The molecular formula is C10H16Br3ClO. The van der Waals surface area contributed by atoms with Crippen molar-refractivity contribution < 1.29 is 5.11 Å². The van der Waals surface area contributed by atoms with Crippen molar-refractivity contribution in [1.29, 1.82) is 0 Å². The zero-order chi connectivity index (χ0) is 12.3. The van der Waals surface area contributed by atoms with E-state index >= 15 is 0 Å². The summed E-state index contributed by atoms with van der Waals surface area (Å²) in [5.74, 6) is 0. The molecule has 0 spiro atoms. The molecule has 3 atom stereocenters. The van der Waals surface area contributed by atoms with Gasteiger partial charge >= 0.3 is 0 Å². The van der Waals surface area contributed by atoms with Crippen LogP contribution < -0.4 is 0 Å². The van der Waals surface area contributed by atoms with Crippen LogP contribution in [0.15, 0.2) is 11.1 Å². The number of halogens is 4. The molecule has 0 aliphatic rings. The van der Waals surface area contributed by atoms with E-state index in [2.05, 4.69) is 47.8 Å². The van der Waals surface area contributed by atoms with Gasteiger partial charge in [0.2, 0.25) is 0 Å². The van der Waals surface area contributed by atoms with Gasteiger partial charge in [0.15, 0.2) is 0 Å². The molecule has 15 heavy (non-hydrogen) atoms. The maximum atomic E-state index is 10.1. The molecule has 0 aromatic carbocycles. The van der Waals surface area contributed by atoms with E-state index in [-0.39, 0.29) is 14.5 Å². The highest BCUT2D eigenvalue weighted by atomic mass is 79.9. The highest BCUT2D eigenvalue weighted by Crippen LogP contribution is 2.34. The summed E-state index contributed by atoms with van der Waals surface area (Å²) < 4.78 is 0. The van der Waals surface area contributed by atoms with Crippen molar-refractivity contribution in [3.05, 3.63) is 11.1 Å². The first-order chi connectivity index (χ1) is 6.61. The second kappa shape index (κ2) is 6.39. The Hall–Kier alpha value is 1.43. The third-order valence-corrected chi connectivity index (χ3v) is 5.80. The van der Waals surface area contributed by atoms with Crippen molar-refractivity contribution in [2.45, 2.75) is 47.3 Å². The fraction of sp³-hybridized carbons (Fsp3) is 0.800. The van der Waals surface area contributed by atoms with E-state index in [0.717, 1.165) is 6.42 Å². The second-order valence-corrected chi connectivity index (χ2v) is 7.97. The van der Waals surface area contributed by atoms with Crippen molar-refractivity contribution >= 4 is 59.4 Å². The quantitative estimate of drug-likeness (QED) is 0.637. The minimum atomic E-state index is -0.891. The summed E-state index contributed by atoms with van der Waals surface area (Å²) in [6, 6.07) is 0. The Morgan fingerprint density at radius 3 is 2.07 bits per heavy atom. The molecule has 0 fully saturated rings. The molecule has 0 aliphatic heterocycles. The number of hydrogen-bond acceptors (Lipinski definition) is 1. The van der Waals surface area contributed by atoms with Gasteiger partial charge in [-0.2, -0.15) is 0 Å². The molecular weight excluding hydrogens is 411 g/mol. The van der Waals surface area contributed by atoms with Crippen LogP contribution in [-0.2, 0) is 0 Å². The molecule has 90 valence electrons. The molecule has 0 aromatic heterocycles. The average molecular weight is 427 g/mol. The van der Waals surface area contributed by atoms with Crippen LogP contribution in [0.5, 0.6) is 0 Å². The molecule has 0 aromatic rings. The van der Waals surface area contributed by atoms with E-state index < -0.39 is 5.60 Å². The first-order valence-electron chi connectivity index (χ1n) is 4.58. The van der Waals surface area contributed by atoms with Crippen LogP contribution in [0.3, 0.4) is 0 Å². The highest BCUT2D eigenvalue weighted by Gasteiger charge is 2.33. The molecule has 0 rings (SSSR count). The lowest BCUT2D eigenvalue weighted by molar-refractivity contribution is 0.108. The van der Waals surface area contributed by atoms with Crippen molar-refractivity contribution in [2.75, 3.05) is 0 Å². The first kappa shape index (κ1) is 16.4. The molecule has 0 amide bonds. The monoisotopic (exact) mass is 424 g/mol. The first-order valence-corrected chi connectivity index (χ1v) is 7.71. The Bertz CT molecular complexity index is 223. The maximum Gasteiger partial charge on any atom is 0.0932 e. The predicted molar refractivity (Wildman–Crippen MR) is 78.7 cm³/mol. The molecule has 1 nitrogen and oxygen atoms in total. The van der Waals surface area contributed by atoms with Crippen LogP contribution in [0.25, 0.3) is 0 Å². The Morgan fingerprint density at radius 2 is 1.73 bits per heavy atom. The summed E-state index contributed by atoms with van der Waals surface area (Å²) in [4.78, 5) is 1.41. The molecule has 1 N–H and O–H groups in total. The van der Waals surface area contributed by atoms with Crippen molar-refractivity contribution in [2.24, 2.45) is 0 Å². The number of rotatable bonds is 5. The predicted octanol–water partition coefficient (Wildman–Crippen LogP) is 4.58. The van der Waals surface area contributed by atoms with Gasteiger partial charge in [-0.05, 0) is 38.3 Å². The zero-order valence-corrected chi connectivity index (χ0v) is 14.5. The summed E-state index contributed by atoms with van der Waals surface area (Å²) in [6.07, 6.45) is 2.44. The number of hydrogen-bond donors (Lipinski definition) is 1. The third-order valence-electron chi connectivity index (χ3n) is 2.19. The van der Waals surface area contributed by atoms with Crippen LogP contribution >= 0.6 is 59.4 Å². The van der Waals surface area contributed by atoms with Gasteiger partial charge in [0, 0.05) is 9.65 Å². The normalized spacial score (nSPS) is 21.3. The summed E-state index contributed by atoms with van der Waals surface area (Å²) in [7, 11) is 0. The standard InChI is InChI=1S/C10H16Br3ClO/c1-9(2,14)7(12)6-8(13)10(3,15)4-5-11/h4-5,7-8,15H,6H2,1-3H3. The van der Waals surface area contributed by atoms with Crippen molar-refractivity contribution in [3.8, 4) is 0 Å². The lowest BCUT2D eigenvalue weighted by Gasteiger charge is -2.31. The van der Waals surface area contributed by atoms with Crippen LogP contribution in [0.2, 0.25) is 0 Å². The SMILES string of the molecule is CC(C)(Cl)C(Br)CC(Br)C(C)(O)C=CBr. The Labute approximate surface area is 122 Å². The largest absolute Gasteiger partial charge is 0.385 e. The topological polar surface area (TPSA) is 20.2 Å². The summed E-state index contributed by atoms with van der Waals surface area (Å²) in [5, 5.41) is 10.1. The van der Waals surface area contributed by atoms with Gasteiger partial charge in [-0.25, -0.2) is 0 Å². The van der Waals surface area contributed by atoms with Crippen LogP contribution in [0.1, 0.15) is 27.2 Å². The van der Waals surface area contributed by atoms with Gasteiger partial charge < -0.3 is 5.11 Å². The minimum absolute atomic E-state index is 0.0544. The van der Waals surface area contributed by atoms with E-state index in [4.69, 9.17) is 11.6 Å². The molecule has 3 unspecified atom stereocenters.